The van der Waals surface area contributed by atoms with E-state index in [0.717, 1.165) is 42.6 Å². The zero-order chi connectivity index (χ0) is 19.9. The van der Waals surface area contributed by atoms with E-state index < -0.39 is 0 Å². The zero-order valence-electron chi connectivity index (χ0n) is 17.1. The molecule has 1 fully saturated rings. The van der Waals surface area contributed by atoms with Crippen LogP contribution in [0.2, 0.25) is 0 Å². The molecule has 1 atom stereocenters. The number of nitrogens with zero attached hydrogens (tertiary/aromatic N) is 4. The molecule has 2 heterocycles. The minimum atomic E-state index is -0.226. The Bertz CT molecular complexity index is 785. The monoisotopic (exact) mass is 513 g/mol. The predicted molar refractivity (Wildman–Crippen MR) is 125 cm³/mol. The van der Waals surface area contributed by atoms with Crippen LogP contribution in [0.5, 0.6) is 0 Å². The maximum Gasteiger partial charge on any atom is 0.193 e. The summed E-state index contributed by atoms with van der Waals surface area (Å²) < 4.78 is 18.6. The summed E-state index contributed by atoms with van der Waals surface area (Å²) in [6.07, 6.45) is 2.13. The van der Waals surface area contributed by atoms with Gasteiger partial charge in [-0.05, 0) is 36.2 Å². The van der Waals surface area contributed by atoms with Gasteiger partial charge in [0.25, 0.3) is 0 Å². The fourth-order valence-electron chi connectivity index (χ4n) is 3.24. The van der Waals surface area contributed by atoms with E-state index in [1.165, 1.54) is 12.1 Å². The molecule has 2 aromatic rings. The fraction of sp³-hybridized carbons (Fsp3) is 0.429. The highest BCUT2D eigenvalue weighted by Crippen LogP contribution is 2.15. The van der Waals surface area contributed by atoms with Crippen molar-refractivity contribution in [2.24, 2.45) is 4.99 Å². The molecule has 1 aromatic heterocycles. The summed E-state index contributed by atoms with van der Waals surface area (Å²) in [6, 6.07) is 10.7. The number of aliphatic imine (C=N–C) groups is 1. The number of pyridine rings is 1. The first-order valence-electron chi connectivity index (χ1n) is 9.53. The summed E-state index contributed by atoms with van der Waals surface area (Å²) in [7, 11) is 3.71. The molecule has 0 saturated carbocycles. The van der Waals surface area contributed by atoms with E-state index in [1.807, 2.05) is 18.1 Å². The lowest BCUT2D eigenvalue weighted by Gasteiger charge is -2.32. The third-order valence-electron chi connectivity index (χ3n) is 4.73. The first-order chi connectivity index (χ1) is 13.5. The molecular weight excluding hydrogens is 484 g/mol. The van der Waals surface area contributed by atoms with E-state index in [-0.39, 0.29) is 35.9 Å². The smallest absolute Gasteiger partial charge is 0.193 e. The van der Waals surface area contributed by atoms with Crippen molar-refractivity contribution in [2.75, 3.05) is 38.7 Å². The van der Waals surface area contributed by atoms with Gasteiger partial charge >= 0.3 is 0 Å². The molecule has 0 spiro atoms. The van der Waals surface area contributed by atoms with Crippen molar-refractivity contribution in [3.05, 3.63) is 59.5 Å². The Morgan fingerprint density at radius 1 is 1.28 bits per heavy atom. The van der Waals surface area contributed by atoms with Crippen LogP contribution in [0.15, 0.2) is 47.6 Å². The number of morpholine rings is 1. The molecule has 6 nitrogen and oxygen atoms in total. The lowest BCUT2D eigenvalue weighted by Crippen LogP contribution is -2.41. The van der Waals surface area contributed by atoms with E-state index in [4.69, 9.17) is 4.74 Å². The summed E-state index contributed by atoms with van der Waals surface area (Å²) in [5, 5.41) is 3.35. The molecule has 1 unspecified atom stereocenters. The number of hydrogen-bond acceptors (Lipinski definition) is 4. The van der Waals surface area contributed by atoms with Gasteiger partial charge in [-0.15, -0.1) is 24.0 Å². The van der Waals surface area contributed by atoms with Crippen molar-refractivity contribution < 1.29 is 9.13 Å². The third-order valence-corrected chi connectivity index (χ3v) is 4.73. The zero-order valence-corrected chi connectivity index (χ0v) is 19.5. The average molecular weight is 513 g/mol. The van der Waals surface area contributed by atoms with Crippen LogP contribution in [0.4, 0.5) is 10.2 Å². The Morgan fingerprint density at radius 2 is 2.00 bits per heavy atom. The summed E-state index contributed by atoms with van der Waals surface area (Å²) in [4.78, 5) is 13.2. The van der Waals surface area contributed by atoms with Crippen LogP contribution in [0.1, 0.15) is 18.1 Å². The van der Waals surface area contributed by atoms with Crippen LogP contribution in [0, 0.1) is 5.82 Å². The van der Waals surface area contributed by atoms with E-state index in [0.29, 0.717) is 13.1 Å². The van der Waals surface area contributed by atoms with Crippen molar-refractivity contribution in [1.82, 2.24) is 15.2 Å². The minimum absolute atomic E-state index is 0. The van der Waals surface area contributed by atoms with Gasteiger partial charge in [0.1, 0.15) is 11.6 Å². The van der Waals surface area contributed by atoms with Crippen molar-refractivity contribution in [2.45, 2.75) is 26.1 Å². The van der Waals surface area contributed by atoms with Crippen LogP contribution < -0.4 is 10.2 Å². The quantitative estimate of drug-likeness (QED) is 0.378. The average Bonchev–Trinajstić information content (AvgIpc) is 2.71. The second-order valence-corrected chi connectivity index (χ2v) is 7.04. The van der Waals surface area contributed by atoms with Crippen LogP contribution in [-0.4, -0.2) is 55.7 Å². The van der Waals surface area contributed by atoms with Gasteiger partial charge in [-0.1, -0.05) is 18.2 Å². The number of nitrogens with one attached hydrogen (secondary N) is 1. The molecule has 8 heteroatoms. The highest BCUT2D eigenvalue weighted by molar-refractivity contribution is 14.0. The molecule has 1 aliphatic heterocycles. The highest BCUT2D eigenvalue weighted by Gasteiger charge is 2.17. The summed E-state index contributed by atoms with van der Waals surface area (Å²) in [5.41, 5.74) is 2.11. The van der Waals surface area contributed by atoms with Crippen LogP contribution in [0.25, 0.3) is 0 Å². The van der Waals surface area contributed by atoms with Crippen LogP contribution in [-0.2, 0) is 17.8 Å². The molecular formula is C21H29FIN5O. The number of rotatable bonds is 5. The highest BCUT2D eigenvalue weighted by atomic mass is 127. The molecule has 0 radical (unpaired) electrons. The maximum absolute atomic E-state index is 13.1. The van der Waals surface area contributed by atoms with Gasteiger partial charge in [0.05, 0.1) is 12.7 Å². The molecule has 0 bridgehead atoms. The molecule has 3 rings (SSSR count). The normalized spacial score (nSPS) is 16.9. The standard InChI is InChI=1S/C21H28FN5O.HI/c1-16-14-27(10-11-28-16)20-9-6-18(12-24-20)13-25-21(23-2)26(3)15-17-4-7-19(22)8-5-17;/h4-9,12,16H,10-11,13-15H2,1-3H3,(H,23,25);1H. The Morgan fingerprint density at radius 3 is 2.62 bits per heavy atom. The predicted octanol–water partition coefficient (Wildman–Crippen LogP) is 3.27. The molecule has 1 saturated heterocycles. The number of halogens is 2. The summed E-state index contributed by atoms with van der Waals surface area (Å²) in [5.74, 6) is 1.53. The van der Waals surface area contributed by atoms with Crippen molar-refractivity contribution in [3.8, 4) is 0 Å². The second-order valence-electron chi connectivity index (χ2n) is 7.04. The molecule has 29 heavy (non-hydrogen) atoms. The van der Waals surface area contributed by atoms with Gasteiger partial charge in [-0.25, -0.2) is 9.37 Å². The van der Waals surface area contributed by atoms with Gasteiger partial charge in [0.15, 0.2) is 5.96 Å². The van der Waals surface area contributed by atoms with E-state index in [9.17, 15) is 4.39 Å². The van der Waals surface area contributed by atoms with E-state index in [1.54, 1.807) is 19.2 Å². The lowest BCUT2D eigenvalue weighted by atomic mass is 10.2. The largest absolute Gasteiger partial charge is 0.375 e. The first kappa shape index (κ1) is 23.3. The maximum atomic E-state index is 13.1. The lowest BCUT2D eigenvalue weighted by molar-refractivity contribution is 0.0529. The molecule has 0 amide bonds. The summed E-state index contributed by atoms with van der Waals surface area (Å²) in [6.45, 7) is 5.84. The van der Waals surface area contributed by atoms with Crippen LogP contribution in [0.3, 0.4) is 0 Å². The van der Waals surface area contributed by atoms with Gasteiger partial charge < -0.3 is 19.9 Å². The molecule has 158 valence electrons. The minimum Gasteiger partial charge on any atom is -0.375 e. The fourth-order valence-corrected chi connectivity index (χ4v) is 3.24. The number of benzene rings is 1. The van der Waals surface area contributed by atoms with Gasteiger partial charge in [-0.3, -0.25) is 4.99 Å². The number of ether oxygens (including phenoxy) is 1. The van der Waals surface area contributed by atoms with Crippen molar-refractivity contribution in [3.63, 3.8) is 0 Å². The van der Waals surface area contributed by atoms with Gasteiger partial charge in [0, 0.05) is 46.5 Å². The summed E-state index contributed by atoms with van der Waals surface area (Å²) >= 11 is 0. The molecule has 1 N–H and O–H groups in total. The topological polar surface area (TPSA) is 53.0 Å². The number of hydrogen-bond donors (Lipinski definition) is 1. The first-order valence-corrected chi connectivity index (χ1v) is 9.53. The van der Waals surface area contributed by atoms with E-state index in [2.05, 4.69) is 39.2 Å². The Hall–Kier alpha value is -1.94. The molecule has 0 aliphatic carbocycles. The second kappa shape index (κ2) is 11.3. The third kappa shape index (κ3) is 6.81. The van der Waals surface area contributed by atoms with Gasteiger partial charge in [-0.2, -0.15) is 0 Å². The van der Waals surface area contributed by atoms with Crippen molar-refractivity contribution in [1.29, 1.82) is 0 Å². The number of aromatic nitrogens is 1. The van der Waals surface area contributed by atoms with Crippen LogP contribution >= 0.6 is 24.0 Å². The SMILES string of the molecule is CN=C(NCc1ccc(N2CCOC(C)C2)nc1)N(C)Cc1ccc(F)cc1.I. The van der Waals surface area contributed by atoms with Crippen molar-refractivity contribution >= 4 is 35.8 Å². The Labute approximate surface area is 189 Å². The molecule has 1 aromatic carbocycles. The Kier molecular flexibility index (Phi) is 9.09. The Balaban J connectivity index is 0.00000300. The van der Waals surface area contributed by atoms with E-state index >= 15 is 0 Å². The van der Waals surface area contributed by atoms with Gasteiger partial charge in [0.2, 0.25) is 0 Å². The number of anilines is 1. The number of guanidine groups is 1. The molecule has 1 aliphatic rings.